The smallest absolute Gasteiger partial charge is 0.277 e. The average molecular weight is 343 g/mol. The lowest BCUT2D eigenvalue weighted by Gasteiger charge is -2.22. The number of fused-ring (bicyclic) bond motifs is 1. The van der Waals surface area contributed by atoms with Gasteiger partial charge in [-0.3, -0.25) is 4.79 Å². The second-order valence-corrected chi connectivity index (χ2v) is 6.63. The molecule has 1 unspecified atom stereocenters. The summed E-state index contributed by atoms with van der Waals surface area (Å²) in [5.41, 5.74) is 4.79. The Bertz CT molecular complexity index is 906. The first-order valence-corrected chi connectivity index (χ1v) is 8.87. The maximum absolute atomic E-state index is 13.0. The molecule has 0 bridgehead atoms. The molecule has 130 valence electrons. The van der Waals surface area contributed by atoms with Crippen LogP contribution in [0.4, 0.5) is 11.4 Å². The van der Waals surface area contributed by atoms with Crippen molar-refractivity contribution < 1.29 is 4.79 Å². The lowest BCUT2D eigenvalue weighted by Crippen LogP contribution is -2.36. The standard InChI is InChI=1S/C22H21N3O/c1-16-13-18-9-5-6-10-21(18)25(16)22(26)20-12-11-19(15-24-20)23-14-17-7-3-2-4-8-17/h2-12,15-16,23H,13-14H2,1H3. The molecule has 1 aliphatic rings. The summed E-state index contributed by atoms with van der Waals surface area (Å²) in [6.07, 6.45) is 2.61. The van der Waals surface area contributed by atoms with Crippen molar-refractivity contribution in [2.24, 2.45) is 0 Å². The summed E-state index contributed by atoms with van der Waals surface area (Å²) in [5, 5.41) is 3.33. The zero-order valence-electron chi connectivity index (χ0n) is 14.7. The molecule has 0 spiro atoms. The summed E-state index contributed by atoms with van der Waals surface area (Å²) in [6, 6.07) is 22.1. The Morgan fingerprint density at radius 3 is 2.62 bits per heavy atom. The van der Waals surface area contributed by atoms with Crippen LogP contribution in [0.2, 0.25) is 0 Å². The van der Waals surface area contributed by atoms with Gasteiger partial charge in [-0.25, -0.2) is 4.98 Å². The van der Waals surface area contributed by atoms with E-state index in [1.54, 1.807) is 12.3 Å². The Morgan fingerprint density at radius 1 is 1.08 bits per heavy atom. The Hall–Kier alpha value is -3.14. The Labute approximate surface area is 153 Å². The summed E-state index contributed by atoms with van der Waals surface area (Å²) in [7, 11) is 0. The number of hydrogen-bond acceptors (Lipinski definition) is 3. The van der Waals surface area contributed by atoms with Gasteiger partial charge in [0, 0.05) is 18.3 Å². The number of aromatic nitrogens is 1. The molecule has 1 atom stereocenters. The fourth-order valence-corrected chi connectivity index (χ4v) is 3.42. The molecule has 4 nitrogen and oxygen atoms in total. The minimum Gasteiger partial charge on any atom is -0.380 e. The van der Waals surface area contributed by atoms with Crippen LogP contribution in [0.25, 0.3) is 0 Å². The molecule has 4 heteroatoms. The summed E-state index contributed by atoms with van der Waals surface area (Å²) < 4.78 is 0. The topological polar surface area (TPSA) is 45.2 Å². The molecule has 3 aromatic rings. The molecular weight excluding hydrogens is 322 g/mol. The highest BCUT2D eigenvalue weighted by Gasteiger charge is 2.31. The van der Waals surface area contributed by atoms with E-state index in [2.05, 4.69) is 35.4 Å². The van der Waals surface area contributed by atoms with E-state index in [-0.39, 0.29) is 11.9 Å². The van der Waals surface area contributed by atoms with Gasteiger partial charge in [0.25, 0.3) is 5.91 Å². The third kappa shape index (κ3) is 3.18. The Balaban J connectivity index is 1.47. The third-order valence-electron chi connectivity index (χ3n) is 4.75. The predicted molar refractivity (Wildman–Crippen MR) is 104 cm³/mol. The van der Waals surface area contributed by atoms with E-state index >= 15 is 0 Å². The number of pyridine rings is 1. The molecule has 1 amide bonds. The zero-order valence-corrected chi connectivity index (χ0v) is 14.7. The van der Waals surface area contributed by atoms with Crippen LogP contribution in [0.5, 0.6) is 0 Å². The number of carbonyl (C=O) groups excluding carboxylic acids is 1. The van der Waals surface area contributed by atoms with Gasteiger partial charge in [0.1, 0.15) is 5.69 Å². The van der Waals surface area contributed by atoms with Crippen LogP contribution in [0.3, 0.4) is 0 Å². The lowest BCUT2D eigenvalue weighted by atomic mass is 10.1. The molecule has 0 saturated heterocycles. The number of carbonyl (C=O) groups is 1. The van der Waals surface area contributed by atoms with Crippen molar-refractivity contribution >= 4 is 17.3 Å². The van der Waals surface area contributed by atoms with Gasteiger partial charge in [-0.05, 0) is 42.7 Å². The van der Waals surface area contributed by atoms with Crippen molar-refractivity contribution in [3.8, 4) is 0 Å². The second-order valence-electron chi connectivity index (χ2n) is 6.63. The monoisotopic (exact) mass is 343 g/mol. The third-order valence-corrected chi connectivity index (χ3v) is 4.75. The van der Waals surface area contributed by atoms with Gasteiger partial charge in [-0.15, -0.1) is 0 Å². The first-order chi connectivity index (χ1) is 12.7. The molecule has 0 saturated carbocycles. The molecule has 1 aromatic heterocycles. The highest BCUT2D eigenvalue weighted by Crippen LogP contribution is 2.32. The maximum atomic E-state index is 13.0. The predicted octanol–water partition coefficient (Wildman–Crippen LogP) is 4.29. The lowest BCUT2D eigenvalue weighted by molar-refractivity contribution is 0.0976. The van der Waals surface area contributed by atoms with Crippen LogP contribution >= 0.6 is 0 Å². The van der Waals surface area contributed by atoms with Gasteiger partial charge >= 0.3 is 0 Å². The first kappa shape index (κ1) is 16.3. The number of nitrogens with zero attached hydrogens (tertiary/aromatic N) is 2. The second kappa shape index (κ2) is 7.00. The number of hydrogen-bond donors (Lipinski definition) is 1. The van der Waals surface area contributed by atoms with Gasteiger partial charge in [0.05, 0.1) is 11.9 Å². The average Bonchev–Trinajstić information content (AvgIpc) is 3.03. The number of para-hydroxylation sites is 1. The molecule has 2 heterocycles. The fourth-order valence-electron chi connectivity index (χ4n) is 3.42. The van der Waals surface area contributed by atoms with Crippen LogP contribution in [0.1, 0.15) is 28.5 Å². The van der Waals surface area contributed by atoms with E-state index in [4.69, 9.17) is 0 Å². The van der Waals surface area contributed by atoms with Crippen LogP contribution in [-0.2, 0) is 13.0 Å². The van der Waals surface area contributed by atoms with E-state index in [1.165, 1.54) is 11.1 Å². The van der Waals surface area contributed by atoms with Gasteiger partial charge in [0.2, 0.25) is 0 Å². The van der Waals surface area contributed by atoms with Gasteiger partial charge in [0.15, 0.2) is 0 Å². The van der Waals surface area contributed by atoms with E-state index in [0.29, 0.717) is 5.69 Å². The van der Waals surface area contributed by atoms with Crippen molar-refractivity contribution in [3.05, 3.63) is 89.7 Å². The summed E-state index contributed by atoms with van der Waals surface area (Å²) >= 11 is 0. The highest BCUT2D eigenvalue weighted by atomic mass is 16.2. The minimum absolute atomic E-state index is 0.0444. The molecule has 0 fully saturated rings. The van der Waals surface area contributed by atoms with E-state index in [9.17, 15) is 4.79 Å². The number of amides is 1. The normalized spacial score (nSPS) is 15.6. The van der Waals surface area contributed by atoms with Gasteiger partial charge < -0.3 is 10.2 Å². The van der Waals surface area contributed by atoms with Crippen molar-refractivity contribution in [2.75, 3.05) is 10.2 Å². The van der Waals surface area contributed by atoms with Crippen LogP contribution < -0.4 is 10.2 Å². The van der Waals surface area contributed by atoms with Crippen LogP contribution in [0, 0.1) is 0 Å². The van der Waals surface area contributed by atoms with Crippen molar-refractivity contribution in [1.82, 2.24) is 4.98 Å². The molecule has 4 rings (SSSR count). The van der Waals surface area contributed by atoms with Crippen LogP contribution in [0.15, 0.2) is 72.9 Å². The molecule has 1 N–H and O–H groups in total. The molecule has 0 aliphatic carbocycles. The van der Waals surface area contributed by atoms with Crippen LogP contribution in [-0.4, -0.2) is 16.9 Å². The molecule has 2 aromatic carbocycles. The molecule has 26 heavy (non-hydrogen) atoms. The van der Waals surface area contributed by atoms with Gasteiger partial charge in [-0.1, -0.05) is 48.5 Å². The number of rotatable bonds is 4. The fraction of sp³-hybridized carbons (Fsp3) is 0.182. The molecule has 0 radical (unpaired) electrons. The molecule has 1 aliphatic heterocycles. The Morgan fingerprint density at radius 2 is 1.85 bits per heavy atom. The molecular formula is C22H21N3O. The quantitative estimate of drug-likeness (QED) is 0.769. The van der Waals surface area contributed by atoms with E-state index in [0.717, 1.165) is 24.3 Å². The largest absolute Gasteiger partial charge is 0.380 e. The number of anilines is 2. The van der Waals surface area contributed by atoms with Crippen molar-refractivity contribution in [3.63, 3.8) is 0 Å². The first-order valence-electron chi connectivity index (χ1n) is 8.87. The van der Waals surface area contributed by atoms with Crippen molar-refractivity contribution in [1.29, 1.82) is 0 Å². The minimum atomic E-state index is -0.0444. The number of nitrogens with one attached hydrogen (secondary N) is 1. The summed E-state index contributed by atoms with van der Waals surface area (Å²) in [4.78, 5) is 19.2. The number of benzene rings is 2. The summed E-state index contributed by atoms with van der Waals surface area (Å²) in [5.74, 6) is -0.0444. The van der Waals surface area contributed by atoms with E-state index < -0.39 is 0 Å². The Kier molecular flexibility index (Phi) is 4.40. The van der Waals surface area contributed by atoms with Gasteiger partial charge in [-0.2, -0.15) is 0 Å². The summed E-state index contributed by atoms with van der Waals surface area (Å²) in [6.45, 7) is 2.81. The van der Waals surface area contributed by atoms with E-state index in [1.807, 2.05) is 47.4 Å². The van der Waals surface area contributed by atoms with Crippen molar-refractivity contribution in [2.45, 2.75) is 25.9 Å². The zero-order chi connectivity index (χ0) is 17.9. The SMILES string of the molecule is CC1Cc2ccccc2N1C(=O)c1ccc(NCc2ccccc2)cn1. The maximum Gasteiger partial charge on any atom is 0.277 e. The highest BCUT2D eigenvalue weighted by molar-refractivity contribution is 6.06.